The molecule has 0 saturated heterocycles. The first-order valence-corrected chi connectivity index (χ1v) is 15.0. The Morgan fingerprint density at radius 2 is 1.88 bits per heavy atom. The lowest BCUT2D eigenvalue weighted by molar-refractivity contribution is 0.347. The molecular formula is C34H35ClN8. The number of halogens is 1. The number of hydrogen-bond donors (Lipinski definition) is 3. The van der Waals surface area contributed by atoms with E-state index in [-0.39, 0.29) is 17.6 Å². The van der Waals surface area contributed by atoms with Crippen LogP contribution in [0.5, 0.6) is 0 Å². The lowest BCUT2D eigenvalue weighted by Gasteiger charge is -2.23. The number of anilines is 2. The average Bonchev–Trinajstić information content (AvgIpc) is 3.70. The third kappa shape index (κ3) is 5.66. The van der Waals surface area contributed by atoms with E-state index in [0.29, 0.717) is 21.8 Å². The second-order valence-electron chi connectivity index (χ2n) is 12.0. The highest BCUT2D eigenvalue weighted by Gasteiger charge is 2.27. The summed E-state index contributed by atoms with van der Waals surface area (Å²) in [5.41, 5.74) is 8.04. The van der Waals surface area contributed by atoms with Gasteiger partial charge in [0.15, 0.2) is 0 Å². The van der Waals surface area contributed by atoms with E-state index < -0.39 is 0 Å². The number of hydrogen-bond acceptors (Lipinski definition) is 7. The molecule has 0 aliphatic carbocycles. The number of pyridine rings is 1. The SMILES string of the molecule is CCC(Nc1c(C#N)cnc2c(Cl)cc(NC(c3cn(C(C)(C)C)nn3)c3cccc4c3CNC4)cc12)c1ccccc1. The number of nitriles is 1. The van der Waals surface area contributed by atoms with Crippen LogP contribution in [0.3, 0.4) is 0 Å². The first-order chi connectivity index (χ1) is 20.8. The van der Waals surface area contributed by atoms with Gasteiger partial charge < -0.3 is 16.0 Å². The molecule has 3 aromatic carbocycles. The fourth-order valence-electron chi connectivity index (χ4n) is 5.71. The molecule has 0 radical (unpaired) electrons. The average molecular weight is 591 g/mol. The van der Waals surface area contributed by atoms with E-state index in [1.807, 2.05) is 41.2 Å². The van der Waals surface area contributed by atoms with Crippen LogP contribution in [0.1, 0.15) is 79.7 Å². The van der Waals surface area contributed by atoms with Gasteiger partial charge in [-0.2, -0.15) is 5.26 Å². The summed E-state index contributed by atoms with van der Waals surface area (Å²) in [5.74, 6) is 0. The van der Waals surface area contributed by atoms with Crippen molar-refractivity contribution >= 4 is 33.9 Å². The minimum Gasteiger partial charge on any atom is -0.377 e. The smallest absolute Gasteiger partial charge is 0.110 e. The second kappa shape index (κ2) is 11.7. The van der Waals surface area contributed by atoms with Crippen molar-refractivity contribution in [3.8, 4) is 6.07 Å². The zero-order chi connectivity index (χ0) is 30.1. The molecule has 5 aromatic rings. The number of aromatic nitrogens is 4. The van der Waals surface area contributed by atoms with Gasteiger partial charge in [-0.3, -0.25) is 4.98 Å². The number of fused-ring (bicyclic) bond motifs is 2. The standard InChI is InChI=1S/C34H35ClN8/c1-5-29(21-10-7-6-8-11-21)40-31-23(16-36)18-38-32-26(31)14-24(15-28(32)35)39-33(30-20-43(42-41-30)34(2,3)4)25-13-9-12-22-17-37-19-27(22)25/h6-15,18,20,29,33,37,39H,5,17,19H2,1-4H3,(H,38,40). The lowest BCUT2D eigenvalue weighted by atomic mass is 9.95. The Morgan fingerprint density at radius 1 is 1.07 bits per heavy atom. The van der Waals surface area contributed by atoms with E-state index in [2.05, 4.69) is 95.3 Å². The van der Waals surface area contributed by atoms with Crippen LogP contribution in [0.15, 0.2) is 73.1 Å². The Kier molecular flexibility index (Phi) is 7.78. The molecule has 2 atom stereocenters. The van der Waals surface area contributed by atoms with Crippen LogP contribution in [-0.4, -0.2) is 20.0 Å². The highest BCUT2D eigenvalue weighted by atomic mass is 35.5. The van der Waals surface area contributed by atoms with Gasteiger partial charge in [-0.05, 0) is 61.6 Å². The molecule has 2 aromatic heterocycles. The van der Waals surface area contributed by atoms with Crippen molar-refractivity contribution in [2.45, 2.75) is 64.8 Å². The zero-order valence-corrected chi connectivity index (χ0v) is 25.6. The summed E-state index contributed by atoms with van der Waals surface area (Å²) in [4.78, 5) is 4.58. The first-order valence-electron chi connectivity index (χ1n) is 14.6. The molecular weight excluding hydrogens is 556 g/mol. The van der Waals surface area contributed by atoms with Crippen molar-refractivity contribution in [1.29, 1.82) is 5.26 Å². The van der Waals surface area contributed by atoms with Crippen LogP contribution < -0.4 is 16.0 Å². The maximum absolute atomic E-state index is 10.1. The minimum atomic E-state index is -0.282. The minimum absolute atomic E-state index is 0.00822. The van der Waals surface area contributed by atoms with Gasteiger partial charge in [0.1, 0.15) is 11.8 Å². The lowest BCUT2D eigenvalue weighted by Crippen LogP contribution is -2.22. The molecule has 3 heterocycles. The first kappa shape index (κ1) is 28.7. The largest absolute Gasteiger partial charge is 0.377 e. The van der Waals surface area contributed by atoms with Gasteiger partial charge in [-0.25, -0.2) is 4.68 Å². The molecule has 0 bridgehead atoms. The molecule has 0 amide bonds. The van der Waals surface area contributed by atoms with Crippen molar-refractivity contribution in [3.63, 3.8) is 0 Å². The summed E-state index contributed by atoms with van der Waals surface area (Å²) in [6, 6.07) is 22.6. The van der Waals surface area contributed by atoms with Crippen LogP contribution >= 0.6 is 11.6 Å². The topological polar surface area (TPSA) is 103 Å². The van der Waals surface area contributed by atoms with Gasteiger partial charge in [0.05, 0.1) is 45.6 Å². The second-order valence-corrected chi connectivity index (χ2v) is 12.4. The maximum Gasteiger partial charge on any atom is 0.110 e. The van der Waals surface area contributed by atoms with Gasteiger partial charge >= 0.3 is 0 Å². The van der Waals surface area contributed by atoms with Gasteiger partial charge in [0.25, 0.3) is 0 Å². The molecule has 43 heavy (non-hydrogen) atoms. The molecule has 2 unspecified atom stereocenters. The van der Waals surface area contributed by atoms with Crippen molar-refractivity contribution in [3.05, 3.63) is 112 Å². The Morgan fingerprint density at radius 3 is 2.60 bits per heavy atom. The van der Waals surface area contributed by atoms with Crippen LogP contribution in [-0.2, 0) is 18.6 Å². The summed E-state index contributed by atoms with van der Waals surface area (Å²) >= 11 is 6.90. The van der Waals surface area contributed by atoms with Gasteiger partial charge in [0.2, 0.25) is 0 Å². The summed E-state index contributed by atoms with van der Waals surface area (Å²) in [5, 5.41) is 31.3. The Balaban J connectivity index is 1.46. The number of nitrogens with one attached hydrogen (secondary N) is 3. The third-order valence-electron chi connectivity index (χ3n) is 8.02. The van der Waals surface area contributed by atoms with Crippen LogP contribution in [0.2, 0.25) is 5.02 Å². The quantitative estimate of drug-likeness (QED) is 0.172. The summed E-state index contributed by atoms with van der Waals surface area (Å²) < 4.78 is 1.89. The Labute approximate surface area is 257 Å². The molecule has 8 nitrogen and oxygen atoms in total. The molecule has 6 rings (SSSR count). The molecule has 0 spiro atoms. The van der Waals surface area contributed by atoms with Gasteiger partial charge in [-0.15, -0.1) is 5.10 Å². The summed E-state index contributed by atoms with van der Waals surface area (Å²) in [7, 11) is 0. The van der Waals surface area contributed by atoms with Gasteiger partial charge in [0, 0.05) is 30.4 Å². The molecule has 0 fully saturated rings. The predicted octanol–water partition coefficient (Wildman–Crippen LogP) is 7.47. The van der Waals surface area contributed by atoms with Crippen molar-refractivity contribution in [1.82, 2.24) is 25.3 Å². The molecule has 3 N–H and O–H groups in total. The van der Waals surface area contributed by atoms with Crippen molar-refractivity contribution in [2.24, 2.45) is 0 Å². The Hall–Kier alpha value is -4.45. The molecule has 1 aliphatic heterocycles. The number of nitrogens with zero attached hydrogens (tertiary/aromatic N) is 5. The number of rotatable bonds is 8. The highest BCUT2D eigenvalue weighted by Crippen LogP contribution is 2.38. The molecule has 218 valence electrons. The van der Waals surface area contributed by atoms with Gasteiger partial charge in [-0.1, -0.05) is 72.3 Å². The number of benzene rings is 3. The maximum atomic E-state index is 10.1. The van der Waals surface area contributed by atoms with Crippen LogP contribution in [0.25, 0.3) is 10.9 Å². The predicted molar refractivity (Wildman–Crippen MR) is 172 cm³/mol. The van der Waals surface area contributed by atoms with E-state index >= 15 is 0 Å². The van der Waals surface area contributed by atoms with Crippen LogP contribution in [0, 0.1) is 11.3 Å². The Bertz CT molecular complexity index is 1820. The van der Waals surface area contributed by atoms with E-state index in [1.54, 1.807) is 6.20 Å². The summed E-state index contributed by atoms with van der Waals surface area (Å²) in [6.45, 7) is 10.1. The highest BCUT2D eigenvalue weighted by molar-refractivity contribution is 6.35. The summed E-state index contributed by atoms with van der Waals surface area (Å²) in [6.07, 6.45) is 4.44. The zero-order valence-electron chi connectivity index (χ0n) is 24.8. The third-order valence-corrected chi connectivity index (χ3v) is 8.30. The van der Waals surface area contributed by atoms with E-state index in [1.165, 1.54) is 11.1 Å². The fourth-order valence-corrected chi connectivity index (χ4v) is 5.97. The van der Waals surface area contributed by atoms with E-state index in [4.69, 9.17) is 11.6 Å². The normalized spacial score (nSPS) is 14.2. The van der Waals surface area contributed by atoms with Crippen molar-refractivity contribution in [2.75, 3.05) is 10.6 Å². The molecule has 9 heteroatoms. The van der Waals surface area contributed by atoms with Crippen molar-refractivity contribution < 1.29 is 0 Å². The van der Waals surface area contributed by atoms with E-state index in [0.717, 1.165) is 47.4 Å². The molecule has 1 aliphatic rings. The van der Waals surface area contributed by atoms with E-state index in [9.17, 15) is 5.26 Å². The monoisotopic (exact) mass is 590 g/mol. The van der Waals surface area contributed by atoms with Crippen LogP contribution in [0.4, 0.5) is 11.4 Å². The fraction of sp³-hybridized carbons (Fsp3) is 0.294. The molecule has 0 saturated carbocycles.